The number of hydrogen-bond donors (Lipinski definition) is 1. The van der Waals surface area contributed by atoms with Crippen molar-refractivity contribution in [2.75, 3.05) is 7.11 Å². The molecule has 0 atom stereocenters. The van der Waals surface area contributed by atoms with Crippen molar-refractivity contribution in [3.05, 3.63) is 278 Å². The molecule has 0 aromatic heterocycles. The van der Waals surface area contributed by atoms with E-state index >= 15 is 0 Å². The first-order valence-corrected chi connectivity index (χ1v) is 37.3. The van der Waals surface area contributed by atoms with Gasteiger partial charge in [-0.2, -0.15) is 0 Å². The third-order valence-corrected chi connectivity index (χ3v) is 17.7. The molecule has 104 heavy (non-hydrogen) atoms. The Morgan fingerprint density at radius 2 is 0.721 bits per heavy atom. The summed E-state index contributed by atoms with van der Waals surface area (Å²) in [5, 5.41) is 9.56. The Balaban J connectivity index is 0.00000116. The van der Waals surface area contributed by atoms with Gasteiger partial charge in [0.25, 0.3) is 0 Å². The van der Waals surface area contributed by atoms with Crippen LogP contribution in [0.2, 0.25) is 5.02 Å². The summed E-state index contributed by atoms with van der Waals surface area (Å²) in [6.07, 6.45) is 9.20. The maximum atomic E-state index is 13.1. The van der Waals surface area contributed by atoms with E-state index in [2.05, 4.69) is 223 Å². The Bertz CT molecular complexity index is 3600. The van der Waals surface area contributed by atoms with Gasteiger partial charge in [0.2, 0.25) is 0 Å². The van der Waals surface area contributed by atoms with Crippen molar-refractivity contribution in [3.63, 3.8) is 0 Å². The van der Waals surface area contributed by atoms with E-state index in [1.54, 1.807) is 37.3 Å². The van der Waals surface area contributed by atoms with E-state index in [0.717, 1.165) is 46.0 Å². The van der Waals surface area contributed by atoms with E-state index in [0.29, 0.717) is 27.6 Å². The molecule has 1 aliphatic rings. The van der Waals surface area contributed by atoms with Crippen molar-refractivity contribution >= 4 is 17.6 Å². The number of aryl methyl sites for hydroxylation is 1. The molecule has 1 aliphatic carbocycles. The third-order valence-electron chi connectivity index (χ3n) is 17.3. The molecule has 0 saturated heterocycles. The number of aromatic carboxylic acids is 1. The first-order chi connectivity index (χ1) is 47.5. The highest BCUT2D eigenvalue weighted by atomic mass is 35.5. The van der Waals surface area contributed by atoms with Crippen molar-refractivity contribution < 1.29 is 38.0 Å². The molecule has 9 heteroatoms. The quantitative estimate of drug-likeness (QED) is 0.179. The zero-order valence-electron chi connectivity index (χ0n) is 69.5. The monoisotopic (exact) mass is 1460 g/mol. The minimum atomic E-state index is -0.875. The van der Waals surface area contributed by atoms with Crippen LogP contribution >= 0.6 is 11.6 Å². The fraction of sp³-hybridized carbons (Fsp3) is 0.484. The SMILES string of the molecule is CC(C)(C)C1CCCCC1.CC(C)(C)Cc1ccccc1Cl.CC(C)(C)Cc1ccccc1F.CC(C)(C)c1[13cH][13cH][13c](F)[13cH][13cH]1.CC(C)(C)c1ccc(C(=O)O)cc1.CC(C)(C)c1ccc(F)cc1.CC(C)(C)c1ccccc1.COc1cc(C(C)(C)C)ccc1F.Cc1cc(C(C)(C)C)ccc1F.[HH]. The molecule has 1 saturated carbocycles. The molecule has 0 unspecified atom stereocenters. The topological polar surface area (TPSA) is 46.5 Å². The summed E-state index contributed by atoms with van der Waals surface area (Å²) in [4.78, 5) is 10.6. The lowest BCUT2D eigenvalue weighted by Gasteiger charge is -2.33. The van der Waals surface area contributed by atoms with Gasteiger partial charge in [-0.1, -0.05) is 339 Å². The fourth-order valence-electron chi connectivity index (χ4n) is 10.6. The summed E-state index contributed by atoms with van der Waals surface area (Å²) in [5.41, 5.74) is 12.0. The van der Waals surface area contributed by atoms with Gasteiger partial charge in [0.05, 0.1) is 12.7 Å². The van der Waals surface area contributed by atoms with Crippen LogP contribution in [0.4, 0.5) is 22.0 Å². The van der Waals surface area contributed by atoms with E-state index in [-0.39, 0.29) is 63.0 Å². The highest BCUT2D eigenvalue weighted by Crippen LogP contribution is 2.38. The van der Waals surface area contributed by atoms with E-state index in [4.69, 9.17) is 21.4 Å². The van der Waals surface area contributed by atoms with Crippen LogP contribution in [0.3, 0.4) is 0 Å². The van der Waals surface area contributed by atoms with Crippen molar-refractivity contribution in [2.45, 2.75) is 271 Å². The lowest BCUT2D eigenvalue weighted by atomic mass is 9.72. The van der Waals surface area contributed by atoms with Crippen LogP contribution in [0.5, 0.6) is 5.75 Å². The molecule has 0 aliphatic heterocycles. The molecule has 0 amide bonds. The maximum Gasteiger partial charge on any atom is 0.335 e. The second-order valence-electron chi connectivity index (χ2n) is 36.9. The van der Waals surface area contributed by atoms with Crippen LogP contribution < -0.4 is 4.74 Å². The molecule has 0 radical (unpaired) electrons. The van der Waals surface area contributed by atoms with Gasteiger partial charge in [-0.25, -0.2) is 26.7 Å². The molecule has 0 bridgehead atoms. The normalized spacial score (nSPS) is 12.7. The van der Waals surface area contributed by atoms with Gasteiger partial charge in [-0.15, -0.1) is 0 Å². The predicted octanol–water partition coefficient (Wildman–Crippen LogP) is 29.7. The van der Waals surface area contributed by atoms with E-state index in [9.17, 15) is 26.7 Å². The summed E-state index contributed by atoms with van der Waals surface area (Å²) in [6.45, 7) is 60.2. The molecule has 3 nitrogen and oxygen atoms in total. The van der Waals surface area contributed by atoms with Gasteiger partial charge in [-0.3, -0.25) is 0 Å². The number of methoxy groups -OCH3 is 1. The first-order valence-electron chi connectivity index (χ1n) is 36.9. The molecule has 8 aromatic rings. The summed E-state index contributed by atoms with van der Waals surface area (Å²) in [7, 11) is 1.48. The number of carbonyl (C=O) groups is 1. The standard InChI is InChI=1S/C11H15Cl.C11H15FO.2C11H15F.C11H14O2.2C10H13F.C10H20.C10H14.H2/c1-11(2,3)8-9-6-4-5-7-10(9)12;1-11(2,3)8-5-6-9(12)10(7-8)13-4;1-8-7-9(11(2,3)4)5-6-10(8)12;1-11(2,3)8-9-6-4-5-7-10(9)12;1-11(2,3)9-6-4-8(5-7-9)10(12)13;2*1-10(2,3)8-4-6-9(11)7-5-8;2*1-10(2,3)9-7-5-4-6-8-9;/h4-7H,8H2,1-3H3;5-7H,1-4H3;5-7H,1-4H3;4-7H,8H2,1-3H3;4-7H,1-3H3,(H,12,13);2*4-7H,1-3H3;9H,4-8H2,1-3H3;4-8H,1-3H3;1H/i;;;;;4+1,5+1,6+1,7+1,9+1;;;;. The molecule has 1 N–H and O–H groups in total. The summed E-state index contributed by atoms with van der Waals surface area (Å²) < 4.78 is 68.9. The smallest absolute Gasteiger partial charge is 0.335 e. The number of benzene rings is 8. The second-order valence-corrected chi connectivity index (χ2v) is 37.3. The summed E-state index contributed by atoms with van der Waals surface area (Å²) >= 11 is 6.03. The van der Waals surface area contributed by atoms with Gasteiger partial charge in [0, 0.05) is 6.45 Å². The lowest BCUT2D eigenvalue weighted by molar-refractivity contribution is 0.0696. The van der Waals surface area contributed by atoms with Gasteiger partial charge >= 0.3 is 5.97 Å². The number of ether oxygens (including phenoxy) is 1. The number of carboxylic acids is 1. The highest BCUT2D eigenvalue weighted by Gasteiger charge is 2.26. The Hall–Kier alpha value is -7.03. The van der Waals surface area contributed by atoms with E-state index in [1.165, 1.54) is 109 Å². The molecule has 0 heterocycles. The minimum absolute atomic E-state index is 0. The molecule has 8 aromatic carbocycles. The number of hydrogen-bond acceptors (Lipinski definition) is 2. The van der Waals surface area contributed by atoms with Gasteiger partial charge in [-0.05, 0) is 204 Å². The zero-order valence-corrected chi connectivity index (χ0v) is 70.2. The lowest BCUT2D eigenvalue weighted by Crippen LogP contribution is -2.22. The average Bonchev–Trinajstić information content (AvgIpc) is 0.848. The van der Waals surface area contributed by atoms with Crippen molar-refractivity contribution in [3.8, 4) is 5.75 Å². The third kappa shape index (κ3) is 39.9. The Morgan fingerprint density at radius 1 is 0.394 bits per heavy atom. The van der Waals surface area contributed by atoms with Crippen LogP contribution in [0.15, 0.2) is 188 Å². The predicted molar refractivity (Wildman–Crippen MR) is 441 cm³/mol. The van der Waals surface area contributed by atoms with Crippen LogP contribution in [0.25, 0.3) is 0 Å². The fourth-order valence-corrected chi connectivity index (χ4v) is 10.8. The molecular weight excluding hydrogens is 1320 g/mol. The molecule has 9 rings (SSSR count). The summed E-state index contributed by atoms with van der Waals surface area (Å²) in [5.74, 6) is -0.420. The average molecular weight is 1460 g/mol. The van der Waals surface area contributed by atoms with Crippen LogP contribution in [0, 0.1) is 58.2 Å². The Kier molecular flexibility index (Phi) is 38.7. The second kappa shape index (κ2) is 42.3. The van der Waals surface area contributed by atoms with Gasteiger partial charge < -0.3 is 9.84 Å². The number of rotatable bonds is 4. The molecule has 1 fully saturated rings. The maximum absolute atomic E-state index is 13.1. The van der Waals surface area contributed by atoms with Crippen LogP contribution in [0.1, 0.15) is 281 Å². The summed E-state index contributed by atoms with van der Waals surface area (Å²) in [6, 6.07) is 56.2. The van der Waals surface area contributed by atoms with Crippen molar-refractivity contribution in [1.82, 2.24) is 0 Å². The Morgan fingerprint density at radius 3 is 1.05 bits per heavy atom. The number of carboxylic acid groups (broad SMARTS) is 1. The molecule has 0 spiro atoms. The minimum Gasteiger partial charge on any atom is -0.494 e. The largest absolute Gasteiger partial charge is 0.494 e. The number of halogens is 6. The van der Waals surface area contributed by atoms with Gasteiger partial charge in [0.1, 0.15) is 23.3 Å². The Labute approximate surface area is 636 Å². The van der Waals surface area contributed by atoms with E-state index in [1.807, 2.05) is 78.9 Å². The molecule has 576 valence electrons. The van der Waals surface area contributed by atoms with E-state index < -0.39 is 5.97 Å². The van der Waals surface area contributed by atoms with Gasteiger partial charge in [0.15, 0.2) is 11.6 Å². The van der Waals surface area contributed by atoms with Crippen LogP contribution in [-0.4, -0.2) is 18.2 Å². The zero-order chi connectivity index (χ0) is 80.0. The van der Waals surface area contributed by atoms with Crippen LogP contribution in [-0.2, 0) is 45.3 Å². The van der Waals surface area contributed by atoms with Crippen molar-refractivity contribution in [2.24, 2.45) is 22.2 Å². The first kappa shape index (κ1) is 95.0. The van der Waals surface area contributed by atoms with Crippen molar-refractivity contribution in [1.29, 1.82) is 0 Å². The molecular formula is C95H136ClF5O3. The highest BCUT2D eigenvalue weighted by molar-refractivity contribution is 6.31.